The standard InChI is InChI=1S/C12H16BrF2N/c1-6(2)7(3)12(16)8-4-11(15)9(13)5-10(8)14/h4-7,12H,16H2,1-3H3. The van der Waals surface area contributed by atoms with Crippen molar-refractivity contribution in [2.75, 3.05) is 0 Å². The van der Waals surface area contributed by atoms with Gasteiger partial charge in [-0.05, 0) is 39.9 Å². The van der Waals surface area contributed by atoms with Gasteiger partial charge in [-0.15, -0.1) is 0 Å². The Hall–Kier alpha value is -0.480. The molecule has 4 heteroatoms. The van der Waals surface area contributed by atoms with E-state index in [1.807, 2.05) is 20.8 Å². The highest BCUT2D eigenvalue weighted by molar-refractivity contribution is 9.10. The molecule has 0 radical (unpaired) electrons. The molecular formula is C12H16BrF2N. The minimum atomic E-state index is -0.484. The van der Waals surface area contributed by atoms with Crippen molar-refractivity contribution in [2.45, 2.75) is 26.8 Å². The van der Waals surface area contributed by atoms with Crippen molar-refractivity contribution in [2.24, 2.45) is 17.6 Å². The van der Waals surface area contributed by atoms with Crippen LogP contribution in [0.25, 0.3) is 0 Å². The van der Waals surface area contributed by atoms with E-state index in [2.05, 4.69) is 15.9 Å². The van der Waals surface area contributed by atoms with Gasteiger partial charge < -0.3 is 5.73 Å². The van der Waals surface area contributed by atoms with Crippen molar-refractivity contribution in [3.8, 4) is 0 Å². The highest BCUT2D eigenvalue weighted by Gasteiger charge is 2.22. The number of hydrogen-bond acceptors (Lipinski definition) is 1. The van der Waals surface area contributed by atoms with Crippen LogP contribution in [-0.2, 0) is 0 Å². The van der Waals surface area contributed by atoms with Crippen LogP contribution in [0.4, 0.5) is 8.78 Å². The van der Waals surface area contributed by atoms with Gasteiger partial charge in [-0.2, -0.15) is 0 Å². The zero-order chi connectivity index (χ0) is 12.5. The molecule has 1 aromatic carbocycles. The monoisotopic (exact) mass is 291 g/mol. The third kappa shape index (κ3) is 2.80. The summed E-state index contributed by atoms with van der Waals surface area (Å²) in [7, 11) is 0. The summed E-state index contributed by atoms with van der Waals surface area (Å²) in [5.74, 6) is -0.535. The SMILES string of the molecule is CC(C)C(C)C(N)c1cc(F)c(Br)cc1F. The van der Waals surface area contributed by atoms with Crippen LogP contribution >= 0.6 is 15.9 Å². The lowest BCUT2D eigenvalue weighted by Crippen LogP contribution is -2.24. The quantitative estimate of drug-likeness (QED) is 0.837. The lowest BCUT2D eigenvalue weighted by atomic mass is 9.86. The Bertz CT molecular complexity index is 380. The Morgan fingerprint density at radius 2 is 1.69 bits per heavy atom. The first-order valence-electron chi connectivity index (χ1n) is 5.24. The molecule has 0 bridgehead atoms. The molecule has 2 atom stereocenters. The smallest absolute Gasteiger partial charge is 0.137 e. The van der Waals surface area contributed by atoms with Gasteiger partial charge in [0.2, 0.25) is 0 Å². The molecule has 0 heterocycles. The van der Waals surface area contributed by atoms with Crippen molar-refractivity contribution < 1.29 is 8.78 Å². The minimum absolute atomic E-state index is 0.0927. The molecule has 0 saturated carbocycles. The van der Waals surface area contributed by atoms with Crippen molar-refractivity contribution >= 4 is 15.9 Å². The van der Waals surface area contributed by atoms with Crippen LogP contribution in [0.15, 0.2) is 16.6 Å². The first-order valence-corrected chi connectivity index (χ1v) is 6.04. The molecule has 0 aromatic heterocycles. The Morgan fingerprint density at radius 1 is 1.12 bits per heavy atom. The summed E-state index contributed by atoms with van der Waals surface area (Å²) in [4.78, 5) is 0. The maximum atomic E-state index is 13.6. The zero-order valence-electron chi connectivity index (χ0n) is 9.60. The predicted molar refractivity (Wildman–Crippen MR) is 65.0 cm³/mol. The molecular weight excluding hydrogens is 276 g/mol. The van der Waals surface area contributed by atoms with Crippen LogP contribution in [0.2, 0.25) is 0 Å². The summed E-state index contributed by atoms with van der Waals surface area (Å²) in [6.07, 6.45) is 0. The molecule has 0 spiro atoms. The summed E-state index contributed by atoms with van der Waals surface area (Å²) in [5, 5.41) is 0. The van der Waals surface area contributed by atoms with Crippen LogP contribution in [0.3, 0.4) is 0 Å². The Balaban J connectivity index is 3.08. The fourth-order valence-corrected chi connectivity index (χ4v) is 1.81. The van der Waals surface area contributed by atoms with Crippen LogP contribution in [0.1, 0.15) is 32.4 Å². The molecule has 1 rings (SSSR count). The Kier molecular flexibility index (Phi) is 4.44. The van der Waals surface area contributed by atoms with E-state index in [0.717, 1.165) is 6.07 Å². The number of nitrogens with two attached hydrogens (primary N) is 1. The van der Waals surface area contributed by atoms with E-state index in [-0.39, 0.29) is 16.0 Å². The average molecular weight is 292 g/mol. The molecule has 0 aliphatic heterocycles. The van der Waals surface area contributed by atoms with Crippen molar-refractivity contribution in [3.63, 3.8) is 0 Å². The molecule has 0 amide bonds. The van der Waals surface area contributed by atoms with E-state index in [1.165, 1.54) is 6.07 Å². The molecule has 0 aliphatic carbocycles. The Labute approximate surface area is 103 Å². The van der Waals surface area contributed by atoms with Crippen LogP contribution < -0.4 is 5.73 Å². The van der Waals surface area contributed by atoms with E-state index in [9.17, 15) is 8.78 Å². The number of rotatable bonds is 3. The summed E-state index contributed by atoms with van der Waals surface area (Å²) in [6.45, 7) is 5.96. The van der Waals surface area contributed by atoms with Gasteiger partial charge in [0, 0.05) is 11.6 Å². The van der Waals surface area contributed by atoms with Gasteiger partial charge in [0.05, 0.1) is 4.47 Å². The molecule has 90 valence electrons. The normalized spacial score (nSPS) is 15.2. The van der Waals surface area contributed by atoms with Crippen molar-refractivity contribution in [1.29, 1.82) is 0 Å². The van der Waals surface area contributed by atoms with E-state index in [1.54, 1.807) is 0 Å². The average Bonchev–Trinajstić information content (AvgIpc) is 2.21. The van der Waals surface area contributed by atoms with E-state index in [0.29, 0.717) is 5.92 Å². The lowest BCUT2D eigenvalue weighted by Gasteiger charge is -2.24. The third-order valence-electron chi connectivity index (χ3n) is 3.02. The number of hydrogen-bond donors (Lipinski definition) is 1. The molecule has 0 saturated heterocycles. The topological polar surface area (TPSA) is 26.0 Å². The molecule has 1 nitrogen and oxygen atoms in total. The van der Waals surface area contributed by atoms with Crippen LogP contribution in [0.5, 0.6) is 0 Å². The fourth-order valence-electron chi connectivity index (χ4n) is 1.49. The molecule has 2 N–H and O–H groups in total. The second-order valence-electron chi connectivity index (χ2n) is 4.42. The zero-order valence-corrected chi connectivity index (χ0v) is 11.2. The first-order chi connectivity index (χ1) is 7.34. The van der Waals surface area contributed by atoms with E-state index >= 15 is 0 Å². The second kappa shape index (κ2) is 5.23. The maximum absolute atomic E-state index is 13.6. The minimum Gasteiger partial charge on any atom is -0.324 e. The highest BCUT2D eigenvalue weighted by atomic mass is 79.9. The second-order valence-corrected chi connectivity index (χ2v) is 5.27. The van der Waals surface area contributed by atoms with E-state index in [4.69, 9.17) is 5.73 Å². The highest BCUT2D eigenvalue weighted by Crippen LogP contribution is 2.30. The van der Waals surface area contributed by atoms with Gasteiger partial charge >= 0.3 is 0 Å². The van der Waals surface area contributed by atoms with E-state index < -0.39 is 17.7 Å². The van der Waals surface area contributed by atoms with Gasteiger partial charge in [-0.25, -0.2) is 8.78 Å². The van der Waals surface area contributed by atoms with Crippen LogP contribution in [0, 0.1) is 23.5 Å². The molecule has 16 heavy (non-hydrogen) atoms. The molecule has 2 unspecified atom stereocenters. The maximum Gasteiger partial charge on any atom is 0.137 e. The number of benzene rings is 1. The predicted octanol–water partition coefficient (Wildman–Crippen LogP) is 4.02. The van der Waals surface area contributed by atoms with Crippen LogP contribution in [-0.4, -0.2) is 0 Å². The van der Waals surface area contributed by atoms with Crippen molar-refractivity contribution in [1.82, 2.24) is 0 Å². The lowest BCUT2D eigenvalue weighted by molar-refractivity contribution is 0.344. The van der Waals surface area contributed by atoms with Gasteiger partial charge in [-0.1, -0.05) is 20.8 Å². The number of halogens is 3. The largest absolute Gasteiger partial charge is 0.324 e. The van der Waals surface area contributed by atoms with Gasteiger partial charge in [-0.3, -0.25) is 0 Å². The summed E-state index contributed by atoms with van der Waals surface area (Å²) < 4.78 is 27.1. The van der Waals surface area contributed by atoms with Gasteiger partial charge in [0.15, 0.2) is 0 Å². The summed E-state index contributed by atoms with van der Waals surface area (Å²) >= 11 is 2.94. The van der Waals surface area contributed by atoms with Crippen molar-refractivity contribution in [3.05, 3.63) is 33.8 Å². The summed E-state index contributed by atoms with van der Waals surface area (Å²) in [5.41, 5.74) is 6.18. The summed E-state index contributed by atoms with van der Waals surface area (Å²) in [6, 6.07) is 1.81. The molecule has 1 aromatic rings. The van der Waals surface area contributed by atoms with Gasteiger partial charge in [0.1, 0.15) is 11.6 Å². The first kappa shape index (κ1) is 13.6. The third-order valence-corrected chi connectivity index (χ3v) is 3.62. The Morgan fingerprint density at radius 3 is 2.19 bits per heavy atom. The molecule has 0 aliphatic rings. The molecule has 0 fully saturated rings. The van der Waals surface area contributed by atoms with Gasteiger partial charge in [0.25, 0.3) is 0 Å². The fraction of sp³-hybridized carbons (Fsp3) is 0.500.